The maximum atomic E-state index is 6.57. The van der Waals surface area contributed by atoms with Crippen LogP contribution in [0.25, 0.3) is 0 Å². The van der Waals surface area contributed by atoms with Crippen LogP contribution >= 0.6 is 0 Å². The van der Waals surface area contributed by atoms with Gasteiger partial charge in [-0.3, -0.25) is 0 Å². The Hall–Kier alpha value is -2.29. The number of benzene rings is 2. The summed E-state index contributed by atoms with van der Waals surface area (Å²) in [5, 5.41) is 2.19. The number of hydrazine groups is 1. The van der Waals surface area contributed by atoms with Gasteiger partial charge in [0.2, 0.25) is 11.4 Å². The van der Waals surface area contributed by atoms with Crippen LogP contribution in [0.1, 0.15) is 58.4 Å². The second kappa shape index (κ2) is 6.79. The maximum Gasteiger partial charge on any atom is 0.239 e. The molecule has 0 bridgehead atoms. The van der Waals surface area contributed by atoms with Gasteiger partial charge in [-0.15, -0.1) is 0 Å². The van der Waals surface area contributed by atoms with Gasteiger partial charge in [-0.05, 0) is 48.9 Å². The Balaban J connectivity index is 1.95. The van der Waals surface area contributed by atoms with Crippen molar-refractivity contribution in [3.05, 3.63) is 60.2 Å². The summed E-state index contributed by atoms with van der Waals surface area (Å²) in [7, 11) is 0. The molecule has 2 aliphatic rings. The molecule has 1 saturated carbocycles. The fourth-order valence-electron chi connectivity index (χ4n) is 4.39. The van der Waals surface area contributed by atoms with Gasteiger partial charge in [0.15, 0.2) is 5.75 Å². The van der Waals surface area contributed by atoms with E-state index in [1.165, 1.54) is 29.8 Å². The molecule has 1 fully saturated rings. The number of hydroxylamine groups is 1. The minimum absolute atomic E-state index is 0.0115. The number of para-hydroxylation sites is 2. The summed E-state index contributed by atoms with van der Waals surface area (Å²) in [4.78, 5) is 6.57. The van der Waals surface area contributed by atoms with Crippen LogP contribution in [0.2, 0.25) is 0 Å². The van der Waals surface area contributed by atoms with Gasteiger partial charge in [-0.1, -0.05) is 50.6 Å². The van der Waals surface area contributed by atoms with Gasteiger partial charge in [0, 0.05) is 23.7 Å². The lowest BCUT2D eigenvalue weighted by Crippen LogP contribution is -2.57. The molecule has 136 valence electrons. The predicted octanol–water partition coefficient (Wildman–Crippen LogP) is 5.72. The monoisotopic (exact) mass is 349 g/mol. The molecular formula is C23H29N2O+. The zero-order valence-electron chi connectivity index (χ0n) is 16.1. The van der Waals surface area contributed by atoms with E-state index >= 15 is 0 Å². The van der Waals surface area contributed by atoms with E-state index in [2.05, 4.69) is 85.2 Å². The van der Waals surface area contributed by atoms with Gasteiger partial charge in [-0.25, -0.2) is 0 Å². The molecule has 2 aromatic rings. The number of hydrazone groups is 1. The standard InChI is InChI=1S/C23H29N2O/c1-4-11-21-20-15-8-9-16-22(20)26-25(23(3)17-10-12-18(23)2)24(21)19-13-6-5-7-14-19/h5-9,13-16,18H,4,10-12,17H2,1-3H3/q+1. The Bertz CT molecular complexity index is 814. The predicted molar refractivity (Wildman–Crippen MR) is 106 cm³/mol. The van der Waals surface area contributed by atoms with Crippen molar-refractivity contribution in [3.8, 4) is 5.75 Å². The van der Waals surface area contributed by atoms with E-state index in [4.69, 9.17) is 4.84 Å². The van der Waals surface area contributed by atoms with Gasteiger partial charge in [-0.2, -0.15) is 0 Å². The molecule has 1 heterocycles. The Labute approximate surface area is 156 Å². The van der Waals surface area contributed by atoms with Crippen molar-refractivity contribution in [2.45, 2.75) is 58.4 Å². The fourth-order valence-corrected chi connectivity index (χ4v) is 4.39. The van der Waals surface area contributed by atoms with Crippen LogP contribution in [0.4, 0.5) is 5.69 Å². The van der Waals surface area contributed by atoms with Crippen LogP contribution in [0.3, 0.4) is 0 Å². The summed E-state index contributed by atoms with van der Waals surface area (Å²) < 4.78 is 2.34. The second-order valence-electron chi connectivity index (χ2n) is 7.85. The average molecular weight is 349 g/mol. The Morgan fingerprint density at radius 2 is 1.85 bits per heavy atom. The van der Waals surface area contributed by atoms with E-state index in [0.717, 1.165) is 25.0 Å². The molecular weight excluding hydrogens is 320 g/mol. The normalized spacial score (nSPS) is 25.2. The lowest BCUT2D eigenvalue weighted by molar-refractivity contribution is -0.716. The molecule has 0 N–H and O–H groups in total. The van der Waals surface area contributed by atoms with Crippen LogP contribution in [0, 0.1) is 5.92 Å². The van der Waals surface area contributed by atoms with Crippen molar-refractivity contribution in [1.82, 2.24) is 5.17 Å². The van der Waals surface area contributed by atoms with E-state index in [1.807, 2.05) is 0 Å². The van der Waals surface area contributed by atoms with Gasteiger partial charge >= 0.3 is 0 Å². The number of hydrogen-bond donors (Lipinski definition) is 0. The zero-order valence-corrected chi connectivity index (χ0v) is 16.1. The molecule has 0 aromatic heterocycles. The molecule has 1 aliphatic carbocycles. The highest BCUT2D eigenvalue weighted by molar-refractivity contribution is 6.00. The van der Waals surface area contributed by atoms with Crippen molar-refractivity contribution in [1.29, 1.82) is 0 Å². The van der Waals surface area contributed by atoms with Crippen LogP contribution in [-0.4, -0.2) is 21.1 Å². The Kier molecular flexibility index (Phi) is 4.47. The largest absolute Gasteiger partial charge is 0.331 e. The summed E-state index contributed by atoms with van der Waals surface area (Å²) in [6.07, 6.45) is 5.79. The molecule has 4 rings (SSSR count). The van der Waals surface area contributed by atoms with Crippen molar-refractivity contribution < 1.29 is 9.52 Å². The molecule has 0 radical (unpaired) electrons. The fraction of sp³-hybridized carbons (Fsp3) is 0.435. The number of fused-ring (bicyclic) bond motifs is 1. The third kappa shape index (κ3) is 2.70. The van der Waals surface area contributed by atoms with E-state index in [-0.39, 0.29) is 5.54 Å². The summed E-state index contributed by atoms with van der Waals surface area (Å²) in [6, 6.07) is 19.1. The summed E-state index contributed by atoms with van der Waals surface area (Å²) >= 11 is 0. The van der Waals surface area contributed by atoms with Crippen LogP contribution in [-0.2, 0) is 0 Å². The lowest BCUT2D eigenvalue weighted by atomic mass is 9.91. The first-order chi connectivity index (χ1) is 12.6. The highest BCUT2D eigenvalue weighted by Crippen LogP contribution is 2.43. The molecule has 3 nitrogen and oxygen atoms in total. The topological polar surface area (TPSA) is 15.5 Å². The van der Waals surface area contributed by atoms with E-state index in [0.29, 0.717) is 5.92 Å². The van der Waals surface area contributed by atoms with E-state index in [1.54, 1.807) is 0 Å². The summed E-state index contributed by atoms with van der Waals surface area (Å²) in [5.74, 6) is 1.56. The molecule has 2 aromatic carbocycles. The second-order valence-corrected chi connectivity index (χ2v) is 7.85. The van der Waals surface area contributed by atoms with Crippen molar-refractivity contribution in [2.75, 3.05) is 0 Å². The summed E-state index contributed by atoms with van der Waals surface area (Å²) in [6.45, 7) is 6.97. The van der Waals surface area contributed by atoms with E-state index in [9.17, 15) is 0 Å². The minimum Gasteiger partial charge on any atom is -0.331 e. The average Bonchev–Trinajstić information content (AvgIpc) is 3.02. The zero-order chi connectivity index (χ0) is 18.1. The number of nitrogens with zero attached hydrogens (tertiary/aromatic N) is 2. The van der Waals surface area contributed by atoms with Crippen LogP contribution in [0.15, 0.2) is 54.6 Å². The highest BCUT2D eigenvalue weighted by Gasteiger charge is 2.51. The van der Waals surface area contributed by atoms with Gasteiger partial charge in [0.1, 0.15) is 5.54 Å². The molecule has 0 saturated heterocycles. The van der Waals surface area contributed by atoms with Crippen molar-refractivity contribution in [2.24, 2.45) is 5.92 Å². The maximum absolute atomic E-state index is 6.57. The Morgan fingerprint density at radius 1 is 1.12 bits per heavy atom. The van der Waals surface area contributed by atoms with Gasteiger partial charge in [0.05, 0.1) is 5.56 Å². The van der Waals surface area contributed by atoms with Gasteiger partial charge in [0.25, 0.3) is 0 Å². The number of hydrogen-bond acceptors (Lipinski definition) is 2. The minimum atomic E-state index is -0.0115. The third-order valence-corrected chi connectivity index (χ3v) is 6.13. The first-order valence-electron chi connectivity index (χ1n) is 9.93. The SMILES string of the molecule is CCCC1=[N+](c2ccccc2)N(C2(C)CCCC2C)Oc2ccccc21. The first kappa shape index (κ1) is 17.1. The van der Waals surface area contributed by atoms with Crippen molar-refractivity contribution >= 4 is 11.4 Å². The number of rotatable bonds is 4. The summed E-state index contributed by atoms with van der Waals surface area (Å²) in [5.41, 5.74) is 3.71. The van der Waals surface area contributed by atoms with Crippen LogP contribution in [0.5, 0.6) is 5.75 Å². The smallest absolute Gasteiger partial charge is 0.239 e. The molecule has 0 spiro atoms. The quantitative estimate of drug-likeness (QED) is 0.656. The van der Waals surface area contributed by atoms with E-state index < -0.39 is 0 Å². The molecule has 2 unspecified atom stereocenters. The molecule has 26 heavy (non-hydrogen) atoms. The third-order valence-electron chi connectivity index (χ3n) is 6.13. The van der Waals surface area contributed by atoms with Crippen molar-refractivity contribution in [3.63, 3.8) is 0 Å². The van der Waals surface area contributed by atoms with Gasteiger partial charge < -0.3 is 4.84 Å². The van der Waals surface area contributed by atoms with Crippen LogP contribution < -0.4 is 4.84 Å². The highest BCUT2D eigenvalue weighted by atomic mass is 16.7. The molecule has 2 atom stereocenters. The molecule has 1 aliphatic heterocycles. The first-order valence-corrected chi connectivity index (χ1v) is 9.93. The molecule has 3 heteroatoms. The Morgan fingerprint density at radius 3 is 2.54 bits per heavy atom. The molecule has 0 amide bonds. The lowest BCUT2D eigenvalue weighted by Gasteiger charge is -2.39.